The van der Waals surface area contributed by atoms with Gasteiger partial charge in [-0.1, -0.05) is 74.7 Å². The van der Waals surface area contributed by atoms with E-state index in [9.17, 15) is 29.6 Å². The van der Waals surface area contributed by atoms with Crippen molar-refractivity contribution in [3.8, 4) is 11.1 Å². The number of carbonyl (C=O) groups is 4. The molecule has 0 radical (unpaired) electrons. The lowest BCUT2D eigenvalue weighted by Crippen LogP contribution is -2.83. The predicted octanol–water partition coefficient (Wildman–Crippen LogP) is 8.95. The number of allylic oxidation sites excluding steroid dienone is 2. The van der Waals surface area contributed by atoms with Crippen LogP contribution in [0, 0.1) is 33.1 Å². The first-order chi connectivity index (χ1) is 33.9. The van der Waals surface area contributed by atoms with Crippen LogP contribution in [0.5, 0.6) is 0 Å². The second kappa shape index (κ2) is 13.7. The molecule has 12 nitrogen and oxygen atoms in total. The Labute approximate surface area is 413 Å². The predicted molar refractivity (Wildman–Crippen MR) is 272 cm³/mol. The summed E-state index contributed by atoms with van der Waals surface area (Å²) < 4.78 is 2.19. The van der Waals surface area contributed by atoms with E-state index >= 15 is 0 Å². The number of piperazine rings is 2. The van der Waals surface area contributed by atoms with Crippen molar-refractivity contribution in [2.75, 3.05) is 13.1 Å². The Bertz CT molecular complexity index is 3340. The number of hydrogen-bond acceptors (Lipinski definition) is 6. The van der Waals surface area contributed by atoms with E-state index in [1.54, 1.807) is 0 Å². The number of piperidine rings is 4. The van der Waals surface area contributed by atoms with Gasteiger partial charge in [0, 0.05) is 37.1 Å². The fraction of sp³-hybridized carbons (Fsp3) is 0.458. The molecular formula is C59H60N6O6. The molecule has 4 aromatic carbocycles. The first-order valence-corrected chi connectivity index (χ1v) is 26.1. The molecule has 4 bridgehead atoms. The summed E-state index contributed by atoms with van der Waals surface area (Å²) in [6, 6.07) is 26.9. The Morgan fingerprint density at radius 3 is 1.69 bits per heavy atom. The molecule has 3 aliphatic carbocycles. The van der Waals surface area contributed by atoms with E-state index in [1.165, 1.54) is 30.2 Å². The fourth-order valence-corrected chi connectivity index (χ4v) is 16.5. The molecule has 8 saturated heterocycles. The maximum absolute atomic E-state index is 14.0. The topological polar surface area (TPSA) is 151 Å². The van der Waals surface area contributed by atoms with Crippen LogP contribution in [0.15, 0.2) is 91.0 Å². The highest BCUT2D eigenvalue weighted by atomic mass is 16.5. The van der Waals surface area contributed by atoms with Crippen LogP contribution in [0.4, 0.5) is 11.4 Å². The van der Waals surface area contributed by atoms with Crippen LogP contribution >= 0.6 is 0 Å². The molecule has 4 spiro atoms. The van der Waals surface area contributed by atoms with Gasteiger partial charge in [-0.25, -0.2) is 0 Å². The molecule has 10 heterocycles. The summed E-state index contributed by atoms with van der Waals surface area (Å²) in [5, 5.41) is 36.4. The number of nitrogens with one attached hydrogen (secondary N) is 2. The van der Waals surface area contributed by atoms with Crippen molar-refractivity contribution in [3.63, 3.8) is 0 Å². The molecule has 17 rings (SSSR count). The molecule has 13 aliphatic rings. The third-order valence-corrected chi connectivity index (χ3v) is 20.2. The van der Waals surface area contributed by atoms with E-state index in [0.29, 0.717) is 55.9 Å². The van der Waals surface area contributed by atoms with Gasteiger partial charge in [0.1, 0.15) is 22.2 Å². The molecule has 0 aromatic heterocycles. The minimum atomic E-state index is -1.11. The number of carbonyl (C=O) groups excluding carboxylic acids is 4. The van der Waals surface area contributed by atoms with E-state index in [0.717, 1.165) is 79.7 Å². The second-order valence-electron chi connectivity index (χ2n) is 24.3. The maximum atomic E-state index is 14.0. The van der Waals surface area contributed by atoms with Crippen molar-refractivity contribution in [2.45, 2.75) is 133 Å². The molecule has 12 heteroatoms. The third kappa shape index (κ3) is 5.16. The summed E-state index contributed by atoms with van der Waals surface area (Å²) in [5.74, 6) is -0.372. The number of benzene rings is 4. The van der Waals surface area contributed by atoms with Gasteiger partial charge in [0.2, 0.25) is 34.6 Å². The van der Waals surface area contributed by atoms with Crippen molar-refractivity contribution in [2.24, 2.45) is 22.7 Å². The number of fused-ring (bicyclic) bond motifs is 9. The van der Waals surface area contributed by atoms with Crippen molar-refractivity contribution in [1.82, 2.24) is 20.4 Å². The van der Waals surface area contributed by atoms with E-state index < -0.39 is 33.0 Å². The van der Waals surface area contributed by atoms with E-state index in [1.807, 2.05) is 58.4 Å². The van der Waals surface area contributed by atoms with Crippen LogP contribution in [0.25, 0.3) is 33.0 Å². The summed E-state index contributed by atoms with van der Waals surface area (Å²) in [6.45, 7) is 11.9. The molecule has 2 N–H and O–H groups in total. The average molecular weight is 949 g/mol. The summed E-state index contributed by atoms with van der Waals surface area (Å²) in [6.07, 6.45) is 14.3. The van der Waals surface area contributed by atoms with Crippen LogP contribution in [0.1, 0.15) is 122 Å². The van der Waals surface area contributed by atoms with E-state index in [4.69, 9.17) is 0 Å². The van der Waals surface area contributed by atoms with Crippen LogP contribution in [0.3, 0.4) is 0 Å². The quantitative estimate of drug-likeness (QED) is 0.151. The van der Waals surface area contributed by atoms with Crippen LogP contribution < -0.4 is 10.6 Å². The smallest absolute Gasteiger partial charge is 0.253 e. The molecule has 4 amide bonds. The Hall–Kier alpha value is -6.56. The van der Waals surface area contributed by atoms with Gasteiger partial charge in [0.25, 0.3) is 11.8 Å². The number of hydrogen-bond donors (Lipinski definition) is 2. The number of nitrogens with zero attached hydrogens (tertiary/aromatic N) is 4. The first kappa shape index (κ1) is 43.2. The van der Waals surface area contributed by atoms with Crippen LogP contribution in [-0.2, 0) is 24.6 Å². The van der Waals surface area contributed by atoms with Crippen molar-refractivity contribution in [1.29, 1.82) is 0 Å². The molecule has 3 unspecified atom stereocenters. The van der Waals surface area contributed by atoms with E-state index in [2.05, 4.69) is 87.7 Å². The highest BCUT2D eigenvalue weighted by molar-refractivity contribution is 6.31. The van der Waals surface area contributed by atoms with Gasteiger partial charge in [-0.05, 0) is 142 Å². The molecule has 6 atom stereocenters. The molecule has 4 aromatic rings. The highest BCUT2D eigenvalue weighted by Gasteiger charge is 2.75. The Balaban J connectivity index is 0.000000133. The van der Waals surface area contributed by atoms with Gasteiger partial charge in [-0.3, -0.25) is 19.2 Å². The number of rotatable bonds is 2. The summed E-state index contributed by atoms with van der Waals surface area (Å²) in [4.78, 5) is 58.3. The zero-order chi connectivity index (χ0) is 49.0. The van der Waals surface area contributed by atoms with Gasteiger partial charge in [-0.2, -0.15) is 9.48 Å². The first-order valence-electron chi connectivity index (χ1n) is 26.1. The van der Waals surface area contributed by atoms with Crippen molar-refractivity contribution in [3.05, 3.63) is 118 Å². The van der Waals surface area contributed by atoms with Crippen molar-refractivity contribution >= 4 is 68.3 Å². The lowest BCUT2D eigenvalue weighted by Gasteiger charge is -2.62. The maximum Gasteiger partial charge on any atom is 0.253 e. The molecule has 9 fully saturated rings. The summed E-state index contributed by atoms with van der Waals surface area (Å²) >= 11 is 0. The third-order valence-electron chi connectivity index (χ3n) is 20.2. The van der Waals surface area contributed by atoms with Crippen molar-refractivity contribution < 1.29 is 28.7 Å². The second-order valence-corrected chi connectivity index (χ2v) is 24.3. The molecular weight excluding hydrogens is 889 g/mol. The van der Waals surface area contributed by atoms with Crippen LogP contribution in [0.2, 0.25) is 0 Å². The Morgan fingerprint density at radius 2 is 1.08 bits per heavy atom. The van der Waals surface area contributed by atoms with Gasteiger partial charge in [0.05, 0.1) is 33.1 Å². The van der Waals surface area contributed by atoms with Gasteiger partial charge in [0.15, 0.2) is 0 Å². The monoisotopic (exact) mass is 948 g/mol. The van der Waals surface area contributed by atoms with Gasteiger partial charge >= 0.3 is 0 Å². The zero-order valence-electron chi connectivity index (χ0n) is 41.2. The SMILES string of the molecule is CC1(C)C2=[N+]([O-])c3cc(-c4ccc5ccccc5c4)ccc3C2=C[C@@]23NC(=O)[C@]4(CCCN4C2=O)CC13.CC1(c2ccc3c(c2)C2=C[C@@]45NC(=O)C6(CCCN6C4=O)CC5C(C)(C)C2=[N+]3[O-])CCCCC1. The standard InChI is InChI=1S/C31H27N3O3.C28H33N3O3/c1-29(2)25-17-30-12-5-13-33(30)28(36)31(25,32-27(30)35)16-23-22-11-10-21(15-24(22)34(37)26(23)29)20-9-8-18-6-3-4-7-19(18)14-20;1-25(2)21-16-27-12-7-13-30(27)24(33)28(21,29-23(27)32)15-19-18-14-17(26(3)10-5-4-6-11-26)8-9-20(18)31(34)22(19)25/h3-4,6-11,14-16,25H,5,12-13,17H2,1-2H3,(H,32,35);8-9,14-15,21H,4-7,10-13,16H2,1-3H3,(H,29,32)/t25?,30-,31-;21?,27?,28-/m00/s1. The molecule has 71 heavy (non-hydrogen) atoms. The van der Waals surface area contributed by atoms with Gasteiger partial charge in [-0.15, -0.1) is 0 Å². The Kier molecular flexibility index (Phi) is 8.34. The van der Waals surface area contributed by atoms with Gasteiger partial charge < -0.3 is 30.8 Å². The molecule has 10 aliphatic heterocycles. The minimum absolute atomic E-state index is 0.0147. The highest BCUT2D eigenvalue weighted by Crippen LogP contribution is 2.62. The average Bonchev–Trinajstić information content (AvgIpc) is 4.14. The largest absolute Gasteiger partial charge is 0.618 e. The minimum Gasteiger partial charge on any atom is -0.618 e. The van der Waals surface area contributed by atoms with E-state index in [-0.39, 0.29) is 40.9 Å². The molecule has 362 valence electrons. The lowest BCUT2D eigenvalue weighted by atomic mass is 9.51. The number of amides is 4. The Morgan fingerprint density at radius 1 is 0.549 bits per heavy atom. The van der Waals surface area contributed by atoms with Crippen LogP contribution in [-0.4, -0.2) is 89.6 Å². The molecule has 1 saturated carbocycles. The fourth-order valence-electron chi connectivity index (χ4n) is 16.5. The zero-order valence-corrected chi connectivity index (χ0v) is 41.2. The summed E-state index contributed by atoms with van der Waals surface area (Å²) in [7, 11) is 0. The lowest BCUT2D eigenvalue weighted by molar-refractivity contribution is -0.362. The summed E-state index contributed by atoms with van der Waals surface area (Å²) in [5.41, 5.74) is 4.65. The normalized spacial score (nSPS) is 33.4.